The van der Waals surface area contributed by atoms with Gasteiger partial charge in [-0.05, 0) is 17.2 Å². The fraction of sp³-hybridized carbons (Fsp3) is 0.250. The molecule has 0 saturated heterocycles. The van der Waals surface area contributed by atoms with E-state index in [1.807, 2.05) is 18.2 Å². The molecular formula is C16H17F3N2. The fourth-order valence-corrected chi connectivity index (χ4v) is 2.29. The Morgan fingerprint density at radius 2 is 1.57 bits per heavy atom. The van der Waals surface area contributed by atoms with Crippen LogP contribution in [0.15, 0.2) is 54.6 Å². The molecule has 2 nitrogen and oxygen atoms in total. The minimum Gasteiger partial charge on any atom is -0.329 e. The van der Waals surface area contributed by atoms with Crippen LogP contribution in [-0.4, -0.2) is 13.1 Å². The summed E-state index contributed by atoms with van der Waals surface area (Å²) < 4.78 is 39.6. The molecule has 2 aromatic rings. The molecule has 0 bridgehead atoms. The van der Waals surface area contributed by atoms with Crippen molar-refractivity contribution in [3.05, 3.63) is 71.3 Å². The average Bonchev–Trinajstić information content (AvgIpc) is 2.48. The van der Waals surface area contributed by atoms with Crippen molar-refractivity contribution < 1.29 is 13.2 Å². The van der Waals surface area contributed by atoms with Crippen molar-refractivity contribution >= 4 is 0 Å². The summed E-state index contributed by atoms with van der Waals surface area (Å²) >= 11 is 0. The van der Waals surface area contributed by atoms with E-state index in [1.165, 1.54) is 12.1 Å². The van der Waals surface area contributed by atoms with E-state index in [0.717, 1.165) is 11.6 Å². The number of nitrogens with one attached hydrogen (secondary N) is 1. The van der Waals surface area contributed by atoms with Gasteiger partial charge in [-0.15, -0.1) is 0 Å². The lowest BCUT2D eigenvalue weighted by Crippen LogP contribution is -2.29. The Labute approximate surface area is 121 Å². The second kappa shape index (κ2) is 6.74. The highest BCUT2D eigenvalue weighted by molar-refractivity contribution is 5.38. The molecule has 0 heterocycles. The maximum absolute atomic E-state index is 13.2. The fourth-order valence-electron chi connectivity index (χ4n) is 2.29. The van der Waals surface area contributed by atoms with Crippen molar-refractivity contribution in [2.75, 3.05) is 13.1 Å². The minimum absolute atomic E-state index is 0.213. The quantitative estimate of drug-likeness (QED) is 0.887. The molecule has 3 N–H and O–H groups in total. The first-order chi connectivity index (χ1) is 10.0. The zero-order valence-corrected chi connectivity index (χ0v) is 11.4. The average molecular weight is 294 g/mol. The smallest absolute Gasteiger partial charge is 0.329 e. The van der Waals surface area contributed by atoms with E-state index in [9.17, 15) is 13.2 Å². The third kappa shape index (κ3) is 3.83. The molecule has 0 aliphatic rings. The lowest BCUT2D eigenvalue weighted by atomic mass is 9.94. The summed E-state index contributed by atoms with van der Waals surface area (Å²) in [6, 6.07) is 14.2. The van der Waals surface area contributed by atoms with Gasteiger partial charge in [0.15, 0.2) is 0 Å². The van der Waals surface area contributed by atoms with Crippen LogP contribution in [0.4, 0.5) is 13.2 Å². The zero-order valence-electron chi connectivity index (χ0n) is 11.4. The van der Waals surface area contributed by atoms with E-state index in [-0.39, 0.29) is 5.56 Å². The van der Waals surface area contributed by atoms with Crippen molar-refractivity contribution in [1.29, 1.82) is 0 Å². The van der Waals surface area contributed by atoms with Gasteiger partial charge in [0.1, 0.15) is 0 Å². The summed E-state index contributed by atoms with van der Waals surface area (Å²) in [7, 11) is 0. The van der Waals surface area contributed by atoms with E-state index in [0.29, 0.717) is 13.1 Å². The lowest BCUT2D eigenvalue weighted by molar-refractivity contribution is -0.138. The summed E-state index contributed by atoms with van der Waals surface area (Å²) in [5.74, 6) is 0. The first-order valence-electron chi connectivity index (χ1n) is 6.68. The van der Waals surface area contributed by atoms with Crippen LogP contribution in [0.5, 0.6) is 0 Å². The molecule has 0 radical (unpaired) electrons. The van der Waals surface area contributed by atoms with Crippen LogP contribution in [0.1, 0.15) is 22.7 Å². The van der Waals surface area contributed by atoms with Crippen molar-refractivity contribution in [1.82, 2.24) is 5.32 Å². The van der Waals surface area contributed by atoms with Crippen LogP contribution in [0.25, 0.3) is 0 Å². The Morgan fingerprint density at radius 3 is 2.19 bits per heavy atom. The Hall–Kier alpha value is -1.85. The van der Waals surface area contributed by atoms with E-state index in [1.54, 1.807) is 18.2 Å². The molecule has 0 aliphatic carbocycles. The lowest BCUT2D eigenvalue weighted by Gasteiger charge is -2.23. The van der Waals surface area contributed by atoms with Gasteiger partial charge in [0.25, 0.3) is 0 Å². The molecule has 2 aromatic carbocycles. The molecule has 1 unspecified atom stereocenters. The third-order valence-electron chi connectivity index (χ3n) is 3.20. The molecule has 0 aliphatic heterocycles. The SMILES string of the molecule is NCCNC(c1ccccc1)c1ccccc1C(F)(F)F. The molecule has 0 fully saturated rings. The van der Waals surface area contributed by atoms with Gasteiger partial charge in [0, 0.05) is 13.1 Å². The zero-order chi connectivity index (χ0) is 15.3. The van der Waals surface area contributed by atoms with Gasteiger partial charge in [-0.2, -0.15) is 13.2 Å². The van der Waals surface area contributed by atoms with E-state index < -0.39 is 17.8 Å². The molecule has 21 heavy (non-hydrogen) atoms. The third-order valence-corrected chi connectivity index (χ3v) is 3.20. The number of hydrogen-bond acceptors (Lipinski definition) is 2. The number of nitrogens with two attached hydrogens (primary N) is 1. The van der Waals surface area contributed by atoms with Crippen molar-refractivity contribution in [2.24, 2.45) is 5.73 Å². The van der Waals surface area contributed by atoms with E-state index >= 15 is 0 Å². The van der Waals surface area contributed by atoms with Crippen molar-refractivity contribution in [2.45, 2.75) is 12.2 Å². The van der Waals surface area contributed by atoms with E-state index in [4.69, 9.17) is 5.73 Å². The van der Waals surface area contributed by atoms with Gasteiger partial charge in [-0.25, -0.2) is 0 Å². The Balaban J connectivity index is 2.47. The van der Waals surface area contributed by atoms with Gasteiger partial charge >= 0.3 is 6.18 Å². The molecule has 1 atom stereocenters. The summed E-state index contributed by atoms with van der Waals surface area (Å²) in [4.78, 5) is 0. The minimum atomic E-state index is -4.38. The van der Waals surface area contributed by atoms with Crippen LogP contribution in [0, 0.1) is 0 Å². The van der Waals surface area contributed by atoms with Crippen LogP contribution >= 0.6 is 0 Å². The van der Waals surface area contributed by atoms with Crippen LogP contribution in [0.2, 0.25) is 0 Å². The van der Waals surface area contributed by atoms with E-state index in [2.05, 4.69) is 5.32 Å². The van der Waals surface area contributed by atoms with Crippen molar-refractivity contribution in [3.8, 4) is 0 Å². The van der Waals surface area contributed by atoms with Gasteiger partial charge in [0.2, 0.25) is 0 Å². The molecule has 5 heteroatoms. The molecule has 0 saturated carbocycles. The first-order valence-corrected chi connectivity index (χ1v) is 6.68. The Kier molecular flexibility index (Phi) is 4.98. The number of halogens is 3. The topological polar surface area (TPSA) is 38.0 Å². The predicted molar refractivity (Wildman–Crippen MR) is 76.8 cm³/mol. The predicted octanol–water partition coefficient (Wildman–Crippen LogP) is 3.34. The summed E-state index contributed by atoms with van der Waals surface area (Å²) in [6.07, 6.45) is -4.38. The van der Waals surface area contributed by atoms with Gasteiger partial charge in [-0.1, -0.05) is 48.5 Å². The normalized spacial score (nSPS) is 13.1. The second-order valence-electron chi connectivity index (χ2n) is 4.67. The standard InChI is InChI=1S/C16H17F3N2/c17-16(18,19)14-9-5-4-8-13(14)15(21-11-10-20)12-6-2-1-3-7-12/h1-9,15,21H,10-11,20H2. The highest BCUT2D eigenvalue weighted by Gasteiger charge is 2.35. The van der Waals surface area contributed by atoms with Crippen molar-refractivity contribution in [3.63, 3.8) is 0 Å². The molecular weight excluding hydrogens is 277 g/mol. The Morgan fingerprint density at radius 1 is 0.952 bits per heavy atom. The molecule has 0 amide bonds. The monoisotopic (exact) mass is 294 g/mol. The number of benzene rings is 2. The molecule has 0 spiro atoms. The summed E-state index contributed by atoms with van der Waals surface area (Å²) in [5, 5.41) is 3.09. The van der Waals surface area contributed by atoms with Crippen LogP contribution in [-0.2, 0) is 6.18 Å². The summed E-state index contributed by atoms with van der Waals surface area (Å²) in [5.41, 5.74) is 5.84. The van der Waals surface area contributed by atoms with Crippen LogP contribution < -0.4 is 11.1 Å². The van der Waals surface area contributed by atoms with Gasteiger partial charge in [0.05, 0.1) is 11.6 Å². The van der Waals surface area contributed by atoms with Gasteiger partial charge < -0.3 is 11.1 Å². The highest BCUT2D eigenvalue weighted by Crippen LogP contribution is 2.36. The number of hydrogen-bond donors (Lipinski definition) is 2. The Bertz CT molecular complexity index is 567. The largest absolute Gasteiger partial charge is 0.416 e. The molecule has 112 valence electrons. The maximum atomic E-state index is 13.2. The van der Waals surface area contributed by atoms with Crippen LogP contribution in [0.3, 0.4) is 0 Å². The summed E-state index contributed by atoms with van der Waals surface area (Å²) in [6.45, 7) is 0.795. The highest BCUT2D eigenvalue weighted by atomic mass is 19.4. The molecule has 0 aromatic heterocycles. The number of rotatable bonds is 5. The second-order valence-corrected chi connectivity index (χ2v) is 4.67. The number of alkyl halides is 3. The first kappa shape index (κ1) is 15.5. The van der Waals surface area contributed by atoms with Gasteiger partial charge in [-0.3, -0.25) is 0 Å². The maximum Gasteiger partial charge on any atom is 0.416 e. The molecule has 2 rings (SSSR count).